The number of hydrogen-bond donors (Lipinski definition) is 3. The molecule has 242 valence electrons. The van der Waals surface area contributed by atoms with Crippen LogP contribution < -0.4 is 21.1 Å². The highest BCUT2D eigenvalue weighted by Gasteiger charge is 2.52. The molecule has 0 bridgehead atoms. The molecule has 0 amide bonds. The van der Waals surface area contributed by atoms with Crippen LogP contribution in [0.15, 0.2) is 170 Å². The zero-order valence-electron chi connectivity index (χ0n) is 27.8. The van der Waals surface area contributed by atoms with Crippen LogP contribution in [-0.2, 0) is 5.41 Å². The first kappa shape index (κ1) is 30.0. The number of ether oxygens (including phenoxy) is 1. The van der Waals surface area contributed by atoms with Crippen molar-refractivity contribution in [3.05, 3.63) is 214 Å². The van der Waals surface area contributed by atoms with Crippen molar-refractivity contribution in [2.75, 3.05) is 0 Å². The zero-order valence-corrected chi connectivity index (χ0v) is 27.8. The normalized spacial score (nSPS) is 18.3. The third kappa shape index (κ3) is 4.64. The van der Waals surface area contributed by atoms with Crippen molar-refractivity contribution in [3.63, 3.8) is 0 Å². The molecule has 6 aromatic carbocycles. The maximum atomic E-state index is 6.63. The summed E-state index contributed by atoms with van der Waals surface area (Å²) in [5.74, 6) is 1.78. The molecule has 50 heavy (non-hydrogen) atoms. The Hall–Kier alpha value is -6.10. The Kier molecular flexibility index (Phi) is 7.26. The lowest BCUT2D eigenvalue weighted by Crippen LogP contribution is -2.41. The number of allylic oxidation sites excluding steroid dienone is 3. The number of benzene rings is 6. The Morgan fingerprint density at radius 3 is 2.12 bits per heavy atom. The maximum Gasteiger partial charge on any atom is 0.132 e. The minimum absolute atomic E-state index is 0.126. The number of nitrogens with one attached hydrogen (secondary N) is 2. The van der Waals surface area contributed by atoms with E-state index >= 15 is 0 Å². The fraction of sp³-hybridized carbons (Fsp3) is 0.0870. The third-order valence-electron chi connectivity index (χ3n) is 10.3. The smallest absolute Gasteiger partial charge is 0.132 e. The lowest BCUT2D eigenvalue weighted by atomic mass is 9.64. The predicted molar refractivity (Wildman–Crippen MR) is 203 cm³/mol. The summed E-state index contributed by atoms with van der Waals surface area (Å²) in [4.78, 5) is 0. The molecule has 2 unspecified atom stereocenters. The van der Waals surface area contributed by atoms with Crippen LogP contribution >= 0.6 is 0 Å². The van der Waals surface area contributed by atoms with E-state index in [1.807, 2.05) is 25.2 Å². The Balaban J connectivity index is 1.28. The van der Waals surface area contributed by atoms with Crippen molar-refractivity contribution in [2.24, 2.45) is 5.73 Å². The molecule has 0 radical (unpaired) electrons. The molecular weight excluding hydrogens is 611 g/mol. The van der Waals surface area contributed by atoms with Crippen LogP contribution in [0.1, 0.15) is 63.6 Å². The van der Waals surface area contributed by atoms with E-state index in [0.29, 0.717) is 0 Å². The molecule has 4 heteroatoms. The first-order chi connectivity index (χ1) is 24.7. The van der Waals surface area contributed by atoms with Gasteiger partial charge in [0.2, 0.25) is 0 Å². The SMILES string of the molecule is C/C=C\C=C(/N)c1cccc(C2NC(c3ccccc3)=CC(c3cccc4c3C3(c5ccccc5Oc5ccccc53)c3ccccc3-4)N2)c1. The van der Waals surface area contributed by atoms with Gasteiger partial charge in [0.25, 0.3) is 0 Å². The van der Waals surface area contributed by atoms with E-state index < -0.39 is 5.41 Å². The largest absolute Gasteiger partial charge is 0.457 e. The molecular formula is C46H37N3O. The second kappa shape index (κ2) is 12.1. The number of nitrogens with two attached hydrogens (primary N) is 1. The van der Waals surface area contributed by atoms with Gasteiger partial charge in [0.15, 0.2) is 0 Å². The van der Waals surface area contributed by atoms with Crippen LogP contribution in [0.4, 0.5) is 0 Å². The van der Waals surface area contributed by atoms with Crippen molar-refractivity contribution in [3.8, 4) is 22.6 Å². The van der Waals surface area contributed by atoms with Crippen molar-refractivity contribution in [1.82, 2.24) is 10.6 Å². The maximum absolute atomic E-state index is 6.63. The summed E-state index contributed by atoms with van der Waals surface area (Å²) in [5, 5.41) is 7.87. The van der Waals surface area contributed by atoms with Gasteiger partial charge >= 0.3 is 0 Å². The first-order valence-electron chi connectivity index (χ1n) is 17.3. The molecule has 0 fully saturated rings. The van der Waals surface area contributed by atoms with E-state index in [2.05, 4.69) is 162 Å². The third-order valence-corrected chi connectivity index (χ3v) is 10.3. The number of rotatable bonds is 5. The van der Waals surface area contributed by atoms with Crippen LogP contribution in [0.2, 0.25) is 0 Å². The summed E-state index contributed by atoms with van der Waals surface area (Å²) in [7, 11) is 0. The predicted octanol–water partition coefficient (Wildman–Crippen LogP) is 10.0. The Morgan fingerprint density at radius 2 is 1.36 bits per heavy atom. The molecule has 4 nitrogen and oxygen atoms in total. The average molecular weight is 648 g/mol. The minimum Gasteiger partial charge on any atom is -0.457 e. The van der Waals surface area contributed by atoms with Crippen LogP contribution in [-0.4, -0.2) is 0 Å². The van der Waals surface area contributed by atoms with Gasteiger partial charge in [-0.05, 0) is 81.8 Å². The van der Waals surface area contributed by atoms with Gasteiger partial charge in [-0.1, -0.05) is 140 Å². The zero-order chi connectivity index (χ0) is 33.7. The van der Waals surface area contributed by atoms with Gasteiger partial charge in [-0.3, -0.25) is 5.32 Å². The average Bonchev–Trinajstić information content (AvgIpc) is 3.48. The highest BCUT2D eigenvalue weighted by atomic mass is 16.5. The van der Waals surface area contributed by atoms with Crippen LogP contribution in [0, 0.1) is 0 Å². The molecule has 0 saturated carbocycles. The van der Waals surface area contributed by atoms with E-state index in [9.17, 15) is 0 Å². The molecule has 4 N–H and O–H groups in total. The topological polar surface area (TPSA) is 59.3 Å². The summed E-state index contributed by atoms with van der Waals surface area (Å²) in [6, 6.07) is 51.8. The molecule has 2 heterocycles. The fourth-order valence-electron chi connectivity index (χ4n) is 8.20. The van der Waals surface area contributed by atoms with Crippen LogP contribution in [0.5, 0.6) is 11.5 Å². The fourth-order valence-corrected chi connectivity index (χ4v) is 8.20. The summed E-state index contributed by atoms with van der Waals surface area (Å²) in [6.45, 7) is 1.99. The monoisotopic (exact) mass is 647 g/mol. The van der Waals surface area contributed by atoms with E-state index in [1.165, 1.54) is 27.8 Å². The van der Waals surface area contributed by atoms with Gasteiger partial charge in [-0.15, -0.1) is 0 Å². The standard InChI is InChI=1S/C46H37N3O/c1-2-3-25-39(47)31-17-13-18-32(28-31)45-48-40(30-15-5-4-6-16-30)29-41(49-45)35-21-14-20-34-33-19-7-8-22-36(33)46(44(34)35)37-23-9-11-26-42(37)50-43-27-12-10-24-38(43)46/h2-29,41,45,48-49H,47H2,1H3/b3-2-,39-25-. The van der Waals surface area contributed by atoms with Crippen molar-refractivity contribution in [1.29, 1.82) is 0 Å². The Labute approximate surface area is 293 Å². The first-order valence-corrected chi connectivity index (χ1v) is 17.3. The second-order valence-electron chi connectivity index (χ2n) is 13.1. The summed E-state index contributed by atoms with van der Waals surface area (Å²) >= 11 is 0. The van der Waals surface area contributed by atoms with E-state index in [-0.39, 0.29) is 12.2 Å². The van der Waals surface area contributed by atoms with Gasteiger partial charge in [-0.2, -0.15) is 0 Å². The lowest BCUT2D eigenvalue weighted by Gasteiger charge is -2.41. The second-order valence-corrected chi connectivity index (χ2v) is 13.1. The summed E-state index contributed by atoms with van der Waals surface area (Å²) in [6.07, 6.45) is 8.08. The van der Waals surface area contributed by atoms with E-state index in [0.717, 1.165) is 50.7 Å². The molecule has 1 spiro atoms. The van der Waals surface area contributed by atoms with E-state index in [1.54, 1.807) is 0 Å². The van der Waals surface area contributed by atoms with Crippen molar-refractivity contribution in [2.45, 2.75) is 24.5 Å². The lowest BCUT2D eigenvalue weighted by molar-refractivity contribution is 0.427. The van der Waals surface area contributed by atoms with Crippen molar-refractivity contribution >= 4 is 11.4 Å². The molecule has 2 atom stereocenters. The number of fused-ring (bicyclic) bond motifs is 9. The Bertz CT molecular complexity index is 2310. The molecule has 0 saturated heterocycles. The van der Waals surface area contributed by atoms with Crippen LogP contribution in [0.25, 0.3) is 22.5 Å². The minimum atomic E-state index is -0.567. The molecule has 9 rings (SSSR count). The molecule has 1 aliphatic carbocycles. The van der Waals surface area contributed by atoms with E-state index in [4.69, 9.17) is 10.5 Å². The van der Waals surface area contributed by atoms with Crippen LogP contribution in [0.3, 0.4) is 0 Å². The molecule has 3 aliphatic rings. The summed E-state index contributed by atoms with van der Waals surface area (Å²) < 4.78 is 6.63. The molecule has 0 aromatic heterocycles. The number of para-hydroxylation sites is 2. The van der Waals surface area contributed by atoms with Gasteiger partial charge in [0.05, 0.1) is 11.5 Å². The van der Waals surface area contributed by atoms with Gasteiger partial charge in [-0.25, -0.2) is 0 Å². The highest BCUT2D eigenvalue weighted by Crippen LogP contribution is 2.63. The highest BCUT2D eigenvalue weighted by molar-refractivity contribution is 5.90. The molecule has 2 aliphatic heterocycles. The quantitative estimate of drug-likeness (QED) is 0.163. The van der Waals surface area contributed by atoms with Gasteiger partial charge < -0.3 is 15.8 Å². The molecule has 6 aromatic rings. The number of hydrogen-bond acceptors (Lipinski definition) is 4. The van der Waals surface area contributed by atoms with Gasteiger partial charge in [0, 0.05) is 22.5 Å². The van der Waals surface area contributed by atoms with Crippen molar-refractivity contribution < 1.29 is 4.74 Å². The Morgan fingerprint density at radius 1 is 0.700 bits per heavy atom. The van der Waals surface area contributed by atoms with Gasteiger partial charge in [0.1, 0.15) is 17.7 Å². The summed E-state index contributed by atoms with van der Waals surface area (Å²) in [5.41, 5.74) is 19.6.